The summed E-state index contributed by atoms with van der Waals surface area (Å²) in [5.41, 5.74) is 14.7. The molecule has 0 saturated heterocycles. The molecule has 1 N–H and O–H groups in total. The van der Waals surface area contributed by atoms with Crippen molar-refractivity contribution in [2.75, 3.05) is 18.9 Å². The molecule has 0 atom stereocenters. The lowest BCUT2D eigenvalue weighted by Crippen LogP contribution is -2.09. The van der Waals surface area contributed by atoms with Gasteiger partial charge in [0.1, 0.15) is 0 Å². The summed E-state index contributed by atoms with van der Waals surface area (Å²) >= 11 is 0. The highest BCUT2D eigenvalue weighted by atomic mass is 15.0. The second kappa shape index (κ2) is 29.6. The molecule has 3 aromatic rings. The maximum Gasteiger partial charge on any atom is 0.157 e. The lowest BCUT2D eigenvalue weighted by atomic mass is 9.91. The Bertz CT molecular complexity index is 2340. The standard InChI is InChI=1S/C55H61N5.C2H6.C2H4/c1-8-12-17-43(11-4)45-26-34-50(35-27-45)55(60-54(57-7)49-32-28-46(29-33-49)44(16-10-3)18-13-9-2)59-40-41(5)39-51(23-20-42-21-36-52(56-6)37-22-42)47-24-30-48(31-25-47)53-19-14-15-38-58-53;2*1-2/h8,10-12,16-19,21-28,30-32,34-39,56H,1,7,9,13-15,20,29,33,40H2,2-6H3;1-2H3;1-2H2/b16-10-,17-12-,41-39+,43-11+,44-18+,51-23+,59-55?,60-54?;;. The highest BCUT2D eigenvalue weighted by molar-refractivity contribution is 6.12. The van der Waals surface area contributed by atoms with Crippen molar-refractivity contribution in [2.45, 2.75) is 86.5 Å². The molecule has 5 nitrogen and oxygen atoms in total. The summed E-state index contributed by atoms with van der Waals surface area (Å²) in [5.74, 6) is 1.22. The largest absolute Gasteiger partial charge is 0.388 e. The first kappa shape index (κ1) is 51.6. The van der Waals surface area contributed by atoms with Gasteiger partial charge in [-0.2, -0.15) is 0 Å². The number of hydrogen-bond acceptors (Lipinski definition) is 3. The zero-order valence-electron chi connectivity index (χ0n) is 39.7. The lowest BCUT2D eigenvalue weighted by molar-refractivity contribution is 0.925. The molecule has 5 rings (SSSR count). The van der Waals surface area contributed by atoms with Gasteiger partial charge in [-0.1, -0.05) is 173 Å². The predicted octanol–water partition coefficient (Wildman–Crippen LogP) is 16.0. The molecule has 0 radical (unpaired) electrons. The van der Waals surface area contributed by atoms with Gasteiger partial charge in [0.25, 0.3) is 0 Å². The monoisotopic (exact) mass is 850 g/mol. The first-order chi connectivity index (χ1) is 31.4. The van der Waals surface area contributed by atoms with E-state index in [2.05, 4.69) is 196 Å². The molecule has 0 saturated carbocycles. The molecule has 332 valence electrons. The van der Waals surface area contributed by atoms with Gasteiger partial charge in [-0.25, -0.2) is 9.98 Å². The fourth-order valence-corrected chi connectivity index (χ4v) is 7.03. The van der Waals surface area contributed by atoms with Gasteiger partial charge in [-0.05, 0) is 128 Å². The van der Waals surface area contributed by atoms with Gasteiger partial charge in [-0.15, -0.1) is 13.2 Å². The van der Waals surface area contributed by atoms with Gasteiger partial charge in [0.15, 0.2) is 11.7 Å². The van der Waals surface area contributed by atoms with Crippen LogP contribution < -0.4 is 5.32 Å². The zero-order chi connectivity index (χ0) is 46.5. The van der Waals surface area contributed by atoms with Crippen LogP contribution in [0.5, 0.6) is 0 Å². The van der Waals surface area contributed by atoms with Crippen LogP contribution in [0.2, 0.25) is 0 Å². The number of nitrogens with zero attached hydrogens (tertiary/aromatic N) is 4. The molecule has 1 aliphatic heterocycles. The second-order valence-corrected chi connectivity index (χ2v) is 14.8. The summed E-state index contributed by atoms with van der Waals surface area (Å²) in [4.78, 5) is 19.5. The number of unbranched alkanes of at least 4 members (excludes halogenated alkanes) is 1. The molecule has 1 aliphatic carbocycles. The minimum absolute atomic E-state index is 0.457. The van der Waals surface area contributed by atoms with E-state index in [-0.39, 0.29) is 0 Å². The Morgan fingerprint density at radius 1 is 0.781 bits per heavy atom. The number of nitrogens with one attached hydrogen (secondary N) is 1. The van der Waals surface area contributed by atoms with E-state index in [1.807, 2.05) is 40.1 Å². The molecule has 2 aliphatic rings. The second-order valence-electron chi connectivity index (χ2n) is 14.8. The van der Waals surface area contributed by atoms with Gasteiger partial charge in [0.2, 0.25) is 0 Å². The summed E-state index contributed by atoms with van der Waals surface area (Å²) in [6.45, 7) is 26.7. The summed E-state index contributed by atoms with van der Waals surface area (Å²) < 4.78 is 0. The van der Waals surface area contributed by atoms with Crippen LogP contribution in [0.3, 0.4) is 0 Å². The number of allylic oxidation sites excluding steroid dienone is 16. The Morgan fingerprint density at radius 3 is 2.02 bits per heavy atom. The minimum atomic E-state index is 0.457. The maximum atomic E-state index is 5.19. The smallest absolute Gasteiger partial charge is 0.157 e. The van der Waals surface area contributed by atoms with E-state index in [0.29, 0.717) is 18.2 Å². The van der Waals surface area contributed by atoms with Crippen LogP contribution in [0.25, 0.3) is 16.8 Å². The number of anilines is 1. The van der Waals surface area contributed by atoms with E-state index in [1.54, 1.807) is 6.08 Å². The lowest BCUT2D eigenvalue weighted by Gasteiger charge is -2.16. The first-order valence-electron chi connectivity index (χ1n) is 22.8. The fourth-order valence-electron chi connectivity index (χ4n) is 7.03. The number of aliphatic imine (C=N–C) groups is 4. The first-order valence-corrected chi connectivity index (χ1v) is 22.8. The molecule has 0 amide bonds. The average Bonchev–Trinajstić information content (AvgIpc) is 3.36. The molecular weight excluding hydrogens is 779 g/mol. The van der Waals surface area contributed by atoms with Crippen LogP contribution >= 0.6 is 0 Å². The van der Waals surface area contributed by atoms with Crippen molar-refractivity contribution in [1.82, 2.24) is 0 Å². The van der Waals surface area contributed by atoms with Gasteiger partial charge in [0.05, 0.1) is 12.2 Å². The van der Waals surface area contributed by atoms with E-state index in [9.17, 15) is 0 Å². The Kier molecular flexibility index (Phi) is 23.8. The van der Waals surface area contributed by atoms with E-state index in [1.165, 1.54) is 16.7 Å². The Morgan fingerprint density at radius 2 is 1.44 bits per heavy atom. The number of amidine groups is 2. The van der Waals surface area contributed by atoms with Crippen molar-refractivity contribution >= 4 is 47.1 Å². The van der Waals surface area contributed by atoms with Crippen molar-refractivity contribution in [3.8, 4) is 0 Å². The molecule has 3 aromatic carbocycles. The van der Waals surface area contributed by atoms with E-state index in [0.717, 1.165) is 101 Å². The number of hydrogen-bond donors (Lipinski definition) is 1. The molecule has 1 heterocycles. The highest BCUT2D eigenvalue weighted by Gasteiger charge is 2.15. The molecule has 0 aromatic heterocycles. The molecule has 0 bridgehead atoms. The van der Waals surface area contributed by atoms with Crippen molar-refractivity contribution in [1.29, 1.82) is 0 Å². The van der Waals surface area contributed by atoms with Gasteiger partial charge in [-0.3, -0.25) is 9.98 Å². The summed E-state index contributed by atoms with van der Waals surface area (Å²) in [7, 11) is 1.94. The number of rotatable bonds is 17. The topological polar surface area (TPSA) is 61.5 Å². The molecule has 0 unspecified atom stereocenters. The summed E-state index contributed by atoms with van der Waals surface area (Å²) in [5, 5.41) is 3.22. The fraction of sp³-hybridized carbons (Fsp3) is 0.254. The predicted molar refractivity (Wildman–Crippen MR) is 287 cm³/mol. The molecular formula is C59H71N5. The SMILES string of the molecule is C=C.C=C/C=C\C(=C/C)c1ccc(C(N=C(N=C)C2=CC=C(C(/C=C\C)=C/CCC)CC2)=NC/C(C)=C/C(=C\Cc2ccc(NC)cc2)c2ccc(C3=CCCC=N3)cc2)cc1.CC. The third-order valence-corrected chi connectivity index (χ3v) is 10.4. The quantitative estimate of drug-likeness (QED) is 0.0625. The average molecular weight is 850 g/mol. The molecule has 0 spiro atoms. The van der Waals surface area contributed by atoms with Crippen molar-refractivity contribution < 1.29 is 0 Å². The van der Waals surface area contributed by atoms with E-state index < -0.39 is 0 Å². The zero-order valence-corrected chi connectivity index (χ0v) is 39.7. The number of benzene rings is 3. The third-order valence-electron chi connectivity index (χ3n) is 10.4. The Balaban J connectivity index is 0.00000265. The van der Waals surface area contributed by atoms with E-state index in [4.69, 9.17) is 9.98 Å². The summed E-state index contributed by atoms with van der Waals surface area (Å²) in [6.07, 6.45) is 34.5. The Labute approximate surface area is 386 Å². The maximum absolute atomic E-state index is 5.19. The van der Waals surface area contributed by atoms with Crippen LogP contribution in [0.15, 0.2) is 208 Å². The van der Waals surface area contributed by atoms with Gasteiger partial charge >= 0.3 is 0 Å². The van der Waals surface area contributed by atoms with Crippen LogP contribution in [0.1, 0.15) is 108 Å². The molecule has 5 heteroatoms. The van der Waals surface area contributed by atoms with Crippen molar-refractivity contribution in [2.24, 2.45) is 20.0 Å². The van der Waals surface area contributed by atoms with Crippen molar-refractivity contribution in [3.05, 3.63) is 216 Å². The molecule has 0 fully saturated rings. The summed E-state index contributed by atoms with van der Waals surface area (Å²) in [6, 6.07) is 25.8. The van der Waals surface area contributed by atoms with Crippen molar-refractivity contribution in [3.63, 3.8) is 0 Å². The van der Waals surface area contributed by atoms with Crippen LogP contribution in [-0.4, -0.2) is 38.2 Å². The van der Waals surface area contributed by atoms with Crippen LogP contribution in [0.4, 0.5) is 5.69 Å². The minimum Gasteiger partial charge on any atom is -0.388 e. The van der Waals surface area contributed by atoms with Crippen LogP contribution in [0, 0.1) is 0 Å². The third kappa shape index (κ3) is 16.2. The Hall–Kier alpha value is -6.72. The van der Waals surface area contributed by atoms with E-state index >= 15 is 0 Å². The van der Waals surface area contributed by atoms with Gasteiger partial charge in [0, 0.05) is 24.5 Å². The normalized spacial score (nSPS) is 15.1. The molecule has 64 heavy (non-hydrogen) atoms. The van der Waals surface area contributed by atoms with Crippen LogP contribution in [-0.2, 0) is 6.42 Å². The van der Waals surface area contributed by atoms with Gasteiger partial charge < -0.3 is 5.32 Å². The highest BCUT2D eigenvalue weighted by Crippen LogP contribution is 2.28.